The van der Waals surface area contributed by atoms with Crippen molar-refractivity contribution in [1.82, 2.24) is 9.80 Å². The van der Waals surface area contributed by atoms with Crippen molar-refractivity contribution < 1.29 is 4.79 Å². The van der Waals surface area contributed by atoms with Crippen LogP contribution in [-0.2, 0) is 10.2 Å². The van der Waals surface area contributed by atoms with E-state index >= 15 is 0 Å². The van der Waals surface area contributed by atoms with E-state index in [0.717, 1.165) is 36.6 Å². The summed E-state index contributed by atoms with van der Waals surface area (Å²) < 4.78 is 0. The highest BCUT2D eigenvalue weighted by Gasteiger charge is 2.51. The maximum absolute atomic E-state index is 13.5. The summed E-state index contributed by atoms with van der Waals surface area (Å²) in [5.74, 6) is 1.72. The second-order valence-corrected chi connectivity index (χ2v) is 10.8. The van der Waals surface area contributed by atoms with E-state index in [1.54, 1.807) is 0 Å². The van der Waals surface area contributed by atoms with E-state index in [9.17, 15) is 4.79 Å². The lowest BCUT2D eigenvalue weighted by Crippen LogP contribution is -2.66. The largest absolute Gasteiger partial charge is 0.335 e. The van der Waals surface area contributed by atoms with Gasteiger partial charge in [-0.05, 0) is 86.1 Å². The van der Waals surface area contributed by atoms with Gasteiger partial charge in [0.25, 0.3) is 0 Å². The van der Waals surface area contributed by atoms with Crippen LogP contribution in [0.2, 0.25) is 0 Å². The van der Waals surface area contributed by atoms with Crippen LogP contribution in [0.15, 0.2) is 29.8 Å². The summed E-state index contributed by atoms with van der Waals surface area (Å²) in [5, 5.41) is 0. The Morgan fingerprint density at radius 3 is 2.45 bits per heavy atom. The van der Waals surface area contributed by atoms with Gasteiger partial charge in [0.15, 0.2) is 0 Å². The molecule has 0 spiro atoms. The Morgan fingerprint density at radius 1 is 1.00 bits per heavy atom. The number of amides is 1. The molecule has 4 saturated heterocycles. The van der Waals surface area contributed by atoms with Gasteiger partial charge in [0.2, 0.25) is 5.91 Å². The minimum atomic E-state index is 0.164. The number of benzene rings is 1. The molecule has 0 aliphatic carbocycles. The quantitative estimate of drug-likeness (QED) is 0.637. The summed E-state index contributed by atoms with van der Waals surface area (Å²) in [4.78, 5) is 18.5. The maximum Gasteiger partial charge on any atom is 0.250 e. The topological polar surface area (TPSA) is 23.6 Å². The lowest BCUT2D eigenvalue weighted by molar-refractivity contribution is -0.145. The van der Waals surface area contributed by atoms with Crippen LogP contribution in [0.4, 0.5) is 0 Å². The molecule has 1 amide bonds. The van der Waals surface area contributed by atoms with Crippen molar-refractivity contribution in [3.8, 4) is 0 Å². The van der Waals surface area contributed by atoms with Crippen LogP contribution in [0.1, 0.15) is 70.4 Å². The number of nitrogens with zero attached hydrogens (tertiary/aromatic N) is 2. The monoisotopic (exact) mass is 392 g/mol. The number of hydrogen-bond donors (Lipinski definition) is 0. The highest BCUT2D eigenvalue weighted by molar-refractivity contribution is 5.99. The maximum atomic E-state index is 13.5. The molecule has 4 fully saturated rings. The van der Waals surface area contributed by atoms with Crippen molar-refractivity contribution in [2.24, 2.45) is 11.8 Å². The van der Waals surface area contributed by atoms with Gasteiger partial charge in [-0.1, -0.05) is 45.0 Å². The Balaban J connectivity index is 1.37. The molecule has 4 aliphatic rings. The summed E-state index contributed by atoms with van der Waals surface area (Å²) >= 11 is 0. The molecule has 0 bridgehead atoms. The Hall–Kier alpha value is -1.61. The van der Waals surface area contributed by atoms with E-state index in [1.165, 1.54) is 44.3 Å². The van der Waals surface area contributed by atoms with Crippen LogP contribution in [-0.4, -0.2) is 47.4 Å². The number of hydrogen-bond acceptors (Lipinski definition) is 2. The molecule has 0 N–H and O–H groups in total. The van der Waals surface area contributed by atoms with E-state index in [4.69, 9.17) is 0 Å². The first-order chi connectivity index (χ1) is 13.9. The van der Waals surface area contributed by atoms with Crippen LogP contribution in [0.3, 0.4) is 0 Å². The number of carbonyl (C=O) groups is 1. The molecule has 0 saturated carbocycles. The zero-order valence-electron chi connectivity index (χ0n) is 18.4. The van der Waals surface area contributed by atoms with Gasteiger partial charge in [-0.25, -0.2) is 0 Å². The van der Waals surface area contributed by atoms with E-state index in [2.05, 4.69) is 60.9 Å². The Morgan fingerprint density at radius 2 is 1.72 bits per heavy atom. The average Bonchev–Trinajstić information content (AvgIpc) is 2.71. The van der Waals surface area contributed by atoms with Crippen molar-refractivity contribution in [1.29, 1.82) is 0 Å². The van der Waals surface area contributed by atoms with Crippen LogP contribution in [0.5, 0.6) is 0 Å². The summed E-state index contributed by atoms with van der Waals surface area (Å²) in [7, 11) is 0. The molecular weight excluding hydrogens is 356 g/mol. The van der Waals surface area contributed by atoms with E-state index in [0.29, 0.717) is 23.8 Å². The number of fused-ring (bicyclic) bond motifs is 2. The molecule has 3 heteroatoms. The van der Waals surface area contributed by atoms with Crippen molar-refractivity contribution in [3.05, 3.63) is 41.0 Å². The summed E-state index contributed by atoms with van der Waals surface area (Å²) in [6.45, 7) is 10.3. The molecule has 1 aromatic carbocycles. The highest BCUT2D eigenvalue weighted by atomic mass is 16.2. The summed E-state index contributed by atoms with van der Waals surface area (Å²) in [6, 6.07) is 10.0. The zero-order chi connectivity index (χ0) is 20.2. The SMILES string of the molecule is CC(C)(C)c1ccc(/C=C2\CC[C@@H]3[C@H]4CCCN5CCC[C@H](CN3C2=O)[C@@H]45)cc1. The third kappa shape index (κ3) is 3.46. The predicted octanol–water partition coefficient (Wildman–Crippen LogP) is 4.86. The predicted molar refractivity (Wildman–Crippen MR) is 119 cm³/mol. The first kappa shape index (κ1) is 19.4. The molecule has 0 unspecified atom stereocenters. The smallest absolute Gasteiger partial charge is 0.250 e. The molecule has 1 aromatic rings. The minimum Gasteiger partial charge on any atom is -0.335 e. The second kappa shape index (κ2) is 7.27. The van der Waals surface area contributed by atoms with Crippen molar-refractivity contribution in [3.63, 3.8) is 0 Å². The Bertz CT molecular complexity index is 801. The first-order valence-electron chi connectivity index (χ1n) is 11.8. The lowest BCUT2D eigenvalue weighted by atomic mass is 9.67. The van der Waals surface area contributed by atoms with Gasteiger partial charge < -0.3 is 4.90 Å². The van der Waals surface area contributed by atoms with Gasteiger partial charge >= 0.3 is 0 Å². The summed E-state index contributed by atoms with van der Waals surface area (Å²) in [5.41, 5.74) is 3.69. The van der Waals surface area contributed by atoms with Crippen LogP contribution in [0.25, 0.3) is 6.08 Å². The molecular formula is C26H36N2O. The lowest BCUT2D eigenvalue weighted by Gasteiger charge is -2.58. The van der Waals surface area contributed by atoms with Gasteiger partial charge in [-0.3, -0.25) is 9.69 Å². The van der Waals surface area contributed by atoms with Gasteiger partial charge in [0.1, 0.15) is 0 Å². The van der Waals surface area contributed by atoms with E-state index < -0.39 is 0 Å². The van der Waals surface area contributed by atoms with E-state index in [-0.39, 0.29) is 5.41 Å². The summed E-state index contributed by atoms with van der Waals surface area (Å²) in [6.07, 6.45) is 9.50. The fourth-order valence-corrected chi connectivity index (χ4v) is 6.61. The van der Waals surface area contributed by atoms with Crippen LogP contribution in [0, 0.1) is 11.8 Å². The Labute approximate surface area is 176 Å². The second-order valence-electron chi connectivity index (χ2n) is 10.8. The zero-order valence-corrected chi connectivity index (χ0v) is 18.4. The highest BCUT2D eigenvalue weighted by Crippen LogP contribution is 2.45. The van der Waals surface area contributed by atoms with E-state index in [1.807, 2.05) is 0 Å². The van der Waals surface area contributed by atoms with Crippen molar-refractivity contribution in [2.45, 2.75) is 76.8 Å². The van der Waals surface area contributed by atoms with Crippen molar-refractivity contribution in [2.75, 3.05) is 19.6 Å². The average molecular weight is 393 g/mol. The van der Waals surface area contributed by atoms with Gasteiger partial charge in [-0.15, -0.1) is 0 Å². The number of carbonyl (C=O) groups excluding carboxylic acids is 1. The molecule has 4 heterocycles. The molecule has 0 aromatic heterocycles. The molecule has 29 heavy (non-hydrogen) atoms. The molecule has 4 atom stereocenters. The normalized spacial score (nSPS) is 34.1. The third-order valence-electron chi connectivity index (χ3n) is 8.03. The first-order valence-corrected chi connectivity index (χ1v) is 11.8. The fraction of sp³-hybridized carbons (Fsp3) is 0.654. The molecule has 4 aliphatic heterocycles. The fourth-order valence-electron chi connectivity index (χ4n) is 6.61. The standard InChI is InChI=1S/C26H36N2O/c1-26(2,3)21-11-8-18(9-12-21)16-19-10-13-23-22-7-5-15-27-14-4-6-20(24(22)27)17-28(23)25(19)29/h8-9,11-12,16,20,22-24H,4-7,10,13-15,17H2,1-3H3/b19-16+/t20-,22-,23-,24+/m1/s1. The van der Waals surface area contributed by atoms with Gasteiger partial charge in [0.05, 0.1) is 0 Å². The van der Waals surface area contributed by atoms with Crippen LogP contribution >= 0.6 is 0 Å². The molecule has 156 valence electrons. The minimum absolute atomic E-state index is 0.164. The Kier molecular flexibility index (Phi) is 4.85. The molecule has 5 rings (SSSR count). The molecule has 3 nitrogen and oxygen atoms in total. The number of rotatable bonds is 1. The van der Waals surface area contributed by atoms with Crippen LogP contribution < -0.4 is 0 Å². The van der Waals surface area contributed by atoms with Crippen molar-refractivity contribution >= 4 is 12.0 Å². The van der Waals surface area contributed by atoms with Gasteiger partial charge in [-0.2, -0.15) is 0 Å². The number of piperidine rings is 4. The van der Waals surface area contributed by atoms with Gasteiger partial charge in [0, 0.05) is 24.2 Å². The molecule has 0 radical (unpaired) electrons. The third-order valence-corrected chi connectivity index (χ3v) is 8.03.